The number of benzene rings is 1. The van der Waals surface area contributed by atoms with Crippen molar-refractivity contribution in [2.45, 2.75) is 63.8 Å². The van der Waals surface area contributed by atoms with E-state index in [1.165, 1.54) is 24.8 Å². The second kappa shape index (κ2) is 8.41. The number of fused-ring (bicyclic) bond motifs is 1. The Morgan fingerprint density at radius 1 is 1.12 bits per heavy atom. The topological polar surface area (TPSA) is 95.9 Å². The summed E-state index contributed by atoms with van der Waals surface area (Å²) in [5, 5.41) is 7.98. The first-order valence-electron chi connectivity index (χ1n) is 11.6. The maximum Gasteiger partial charge on any atom is 0.321 e. The summed E-state index contributed by atoms with van der Waals surface area (Å²) in [5.41, 5.74) is 2.54. The first kappa shape index (κ1) is 20.7. The van der Waals surface area contributed by atoms with Crippen LogP contribution in [0.2, 0.25) is 0 Å². The summed E-state index contributed by atoms with van der Waals surface area (Å²) >= 11 is 0. The molecule has 8 nitrogen and oxygen atoms in total. The van der Waals surface area contributed by atoms with Gasteiger partial charge in [0.15, 0.2) is 5.65 Å². The lowest BCUT2D eigenvalue weighted by Crippen LogP contribution is -2.51. The summed E-state index contributed by atoms with van der Waals surface area (Å²) in [4.78, 5) is 34.7. The molecule has 3 heterocycles. The molecule has 5 rings (SSSR count). The Kier molecular flexibility index (Phi) is 5.45. The van der Waals surface area contributed by atoms with Crippen molar-refractivity contribution >= 4 is 22.8 Å². The van der Waals surface area contributed by atoms with Gasteiger partial charge in [0, 0.05) is 18.8 Å². The number of nitrogens with one attached hydrogen (secondary N) is 2. The largest absolute Gasteiger partial charge is 0.323 e. The maximum atomic E-state index is 12.6. The van der Waals surface area contributed by atoms with Crippen LogP contribution in [0.15, 0.2) is 35.3 Å². The van der Waals surface area contributed by atoms with Gasteiger partial charge in [-0.25, -0.2) is 14.5 Å². The highest BCUT2D eigenvalue weighted by molar-refractivity contribution is 5.90. The molecule has 1 saturated heterocycles. The molecule has 8 heteroatoms. The van der Waals surface area contributed by atoms with Crippen molar-refractivity contribution in [1.29, 1.82) is 0 Å². The van der Waals surface area contributed by atoms with E-state index >= 15 is 0 Å². The molecule has 0 bridgehead atoms. The van der Waals surface area contributed by atoms with Crippen LogP contribution in [0, 0.1) is 0 Å². The molecule has 2 aliphatic rings. The normalized spacial score (nSPS) is 17.7. The number of carbonyl (C=O) groups excluding carboxylic acids is 1. The van der Waals surface area contributed by atoms with Gasteiger partial charge in [0.2, 0.25) is 0 Å². The zero-order valence-electron chi connectivity index (χ0n) is 18.7. The molecule has 0 unspecified atom stereocenters. The fraction of sp³-hybridized carbons (Fsp3) is 0.500. The lowest BCUT2D eigenvalue weighted by molar-refractivity contribution is 0.161. The van der Waals surface area contributed by atoms with Crippen molar-refractivity contribution in [2.24, 2.45) is 0 Å². The molecule has 2 amide bonds. The predicted molar refractivity (Wildman–Crippen MR) is 124 cm³/mol. The van der Waals surface area contributed by atoms with Crippen LogP contribution in [-0.2, 0) is 0 Å². The molecule has 2 aromatic heterocycles. The highest BCUT2D eigenvalue weighted by atomic mass is 16.2. The number of anilines is 1. The van der Waals surface area contributed by atoms with Crippen LogP contribution in [-0.4, -0.2) is 43.8 Å². The lowest BCUT2D eigenvalue weighted by atomic mass is 9.96. The number of aromatic nitrogens is 4. The minimum atomic E-state index is -0.153. The van der Waals surface area contributed by atoms with E-state index in [9.17, 15) is 9.59 Å². The van der Waals surface area contributed by atoms with E-state index in [0.717, 1.165) is 18.5 Å². The van der Waals surface area contributed by atoms with E-state index in [1.54, 1.807) is 11.1 Å². The van der Waals surface area contributed by atoms with Crippen LogP contribution >= 0.6 is 0 Å². The number of H-pyrrole nitrogens is 1. The van der Waals surface area contributed by atoms with E-state index in [1.807, 2.05) is 28.9 Å². The highest BCUT2D eigenvalue weighted by Gasteiger charge is 2.34. The molecule has 2 N–H and O–H groups in total. The zero-order valence-corrected chi connectivity index (χ0v) is 18.7. The Hall–Kier alpha value is -3.16. The summed E-state index contributed by atoms with van der Waals surface area (Å²) in [6.45, 7) is 5.35. The van der Waals surface area contributed by atoms with Crippen molar-refractivity contribution in [1.82, 2.24) is 24.6 Å². The molecule has 0 radical (unpaired) electrons. The van der Waals surface area contributed by atoms with Crippen molar-refractivity contribution in [3.8, 4) is 0 Å². The van der Waals surface area contributed by atoms with E-state index in [0.29, 0.717) is 41.9 Å². The van der Waals surface area contributed by atoms with Crippen molar-refractivity contribution in [3.05, 3.63) is 52.2 Å². The Morgan fingerprint density at radius 2 is 1.84 bits per heavy atom. The Morgan fingerprint density at radius 3 is 2.53 bits per heavy atom. The Bertz CT molecular complexity index is 1170. The molecule has 0 spiro atoms. The maximum absolute atomic E-state index is 12.6. The van der Waals surface area contributed by atoms with Crippen molar-refractivity contribution < 1.29 is 4.79 Å². The molecule has 2 fully saturated rings. The summed E-state index contributed by atoms with van der Waals surface area (Å²) in [6, 6.07) is 8.13. The number of aromatic amines is 1. The number of carbonyl (C=O) groups is 1. The minimum Gasteiger partial charge on any atom is -0.323 e. The third-order valence-electron chi connectivity index (χ3n) is 6.79. The van der Waals surface area contributed by atoms with Gasteiger partial charge in [-0.05, 0) is 36.5 Å². The van der Waals surface area contributed by atoms with Gasteiger partial charge in [0.25, 0.3) is 5.56 Å². The smallest absolute Gasteiger partial charge is 0.321 e. The first-order valence-corrected chi connectivity index (χ1v) is 11.6. The first-order chi connectivity index (χ1) is 15.5. The monoisotopic (exact) mass is 434 g/mol. The quantitative estimate of drug-likeness (QED) is 0.637. The van der Waals surface area contributed by atoms with Crippen molar-refractivity contribution in [2.75, 3.05) is 18.4 Å². The molecular weight excluding hydrogens is 404 g/mol. The fourth-order valence-corrected chi connectivity index (χ4v) is 4.71. The third-order valence-corrected chi connectivity index (χ3v) is 6.79. The predicted octanol–water partition coefficient (Wildman–Crippen LogP) is 4.38. The molecule has 1 aliphatic heterocycles. The summed E-state index contributed by atoms with van der Waals surface area (Å²) in [7, 11) is 0. The van der Waals surface area contributed by atoms with Gasteiger partial charge in [-0.1, -0.05) is 45.2 Å². The van der Waals surface area contributed by atoms with E-state index in [-0.39, 0.29) is 17.5 Å². The minimum absolute atomic E-state index is 0.0240. The standard InChI is InChI=1S/C24H30N6O2/c1-15(2)16-8-10-18(11-9-16)26-24(32)29-13-17(14-29)21-27-22-20(23(31)28-21)12-25-30(22)19-6-4-3-5-7-19/h8-12,15,17,19H,3-7,13-14H2,1-2H3,(H,26,32)(H,27,28,31). The Labute approximate surface area is 187 Å². The number of urea groups is 1. The molecule has 0 atom stereocenters. The van der Waals surface area contributed by atoms with Gasteiger partial charge in [-0.3, -0.25) is 4.79 Å². The molecule has 1 aromatic carbocycles. The van der Waals surface area contributed by atoms with Gasteiger partial charge in [0.1, 0.15) is 11.2 Å². The van der Waals surface area contributed by atoms with Crippen LogP contribution in [0.4, 0.5) is 10.5 Å². The lowest BCUT2D eigenvalue weighted by Gasteiger charge is -2.38. The zero-order chi connectivity index (χ0) is 22.2. The summed E-state index contributed by atoms with van der Waals surface area (Å²) < 4.78 is 1.94. The number of hydrogen-bond acceptors (Lipinski definition) is 4. The van der Waals surface area contributed by atoms with E-state index in [4.69, 9.17) is 4.98 Å². The second-order valence-corrected chi connectivity index (χ2v) is 9.38. The fourth-order valence-electron chi connectivity index (χ4n) is 4.71. The molecular formula is C24H30N6O2. The highest BCUT2D eigenvalue weighted by Crippen LogP contribution is 2.30. The second-order valence-electron chi connectivity index (χ2n) is 9.38. The van der Waals surface area contributed by atoms with Gasteiger partial charge in [0.05, 0.1) is 18.2 Å². The van der Waals surface area contributed by atoms with Crippen LogP contribution in [0.1, 0.15) is 75.2 Å². The van der Waals surface area contributed by atoms with Gasteiger partial charge in [-0.2, -0.15) is 5.10 Å². The Balaban J connectivity index is 1.27. The van der Waals surface area contributed by atoms with Crippen LogP contribution < -0.4 is 10.9 Å². The van der Waals surface area contributed by atoms with Crippen LogP contribution in [0.25, 0.3) is 11.0 Å². The number of likely N-dealkylation sites (tertiary alicyclic amines) is 1. The molecule has 1 saturated carbocycles. The SMILES string of the molecule is CC(C)c1ccc(NC(=O)N2CC(c3nc4c(cnn4C4CCCCC4)c(=O)[nH]3)C2)cc1. The van der Waals surface area contributed by atoms with Gasteiger partial charge >= 0.3 is 6.03 Å². The van der Waals surface area contributed by atoms with Gasteiger partial charge < -0.3 is 15.2 Å². The van der Waals surface area contributed by atoms with Crippen LogP contribution in [0.3, 0.4) is 0 Å². The van der Waals surface area contributed by atoms with E-state index in [2.05, 4.69) is 29.2 Å². The molecule has 1 aliphatic carbocycles. The number of rotatable bonds is 4. The van der Waals surface area contributed by atoms with Crippen molar-refractivity contribution in [3.63, 3.8) is 0 Å². The average Bonchev–Trinajstić information content (AvgIpc) is 3.18. The molecule has 3 aromatic rings. The molecule has 32 heavy (non-hydrogen) atoms. The van der Waals surface area contributed by atoms with E-state index < -0.39 is 0 Å². The number of hydrogen-bond donors (Lipinski definition) is 2. The van der Waals surface area contributed by atoms with Crippen LogP contribution in [0.5, 0.6) is 0 Å². The number of amides is 2. The molecule has 168 valence electrons. The number of nitrogens with zero attached hydrogens (tertiary/aromatic N) is 4. The third kappa shape index (κ3) is 3.89. The van der Waals surface area contributed by atoms with Gasteiger partial charge in [-0.15, -0.1) is 0 Å². The summed E-state index contributed by atoms with van der Waals surface area (Å²) in [5.74, 6) is 1.12. The summed E-state index contributed by atoms with van der Waals surface area (Å²) in [6.07, 6.45) is 7.43. The average molecular weight is 435 g/mol.